The number of likely N-dealkylation sites (N-methyl/N-ethyl adjacent to an activating group) is 1. The summed E-state index contributed by atoms with van der Waals surface area (Å²) in [7, 11) is 6.02. The Morgan fingerprint density at radius 2 is 1.93 bits per heavy atom. The lowest BCUT2D eigenvalue weighted by Gasteiger charge is -2.60. The monoisotopic (exact) mass is 539 g/mol. The summed E-state index contributed by atoms with van der Waals surface area (Å²) in [6.45, 7) is 6.41. The van der Waals surface area contributed by atoms with E-state index in [4.69, 9.17) is 4.74 Å². The quantitative estimate of drug-likeness (QED) is 0.584. The summed E-state index contributed by atoms with van der Waals surface area (Å²) in [6.07, 6.45) is 6.52. The summed E-state index contributed by atoms with van der Waals surface area (Å²) < 4.78 is 6.82. The second-order valence-corrected chi connectivity index (χ2v) is 13.2. The van der Waals surface area contributed by atoms with Crippen LogP contribution in [0.5, 0.6) is 11.5 Å². The first-order valence-electron chi connectivity index (χ1n) is 15.0. The number of carbonyl (C=O) groups excluding carboxylic acids is 1. The van der Waals surface area contributed by atoms with E-state index in [2.05, 4.69) is 55.6 Å². The predicted molar refractivity (Wildman–Crippen MR) is 157 cm³/mol. The molecule has 2 saturated carbocycles. The fourth-order valence-corrected chi connectivity index (χ4v) is 8.50. The molecular weight excluding hydrogens is 498 g/mol. The number of amides is 1. The summed E-state index contributed by atoms with van der Waals surface area (Å²) in [6, 6.07) is 8.36. The van der Waals surface area contributed by atoms with Crippen molar-refractivity contribution in [3.8, 4) is 23.3 Å². The van der Waals surface area contributed by atoms with Crippen LogP contribution in [-0.2, 0) is 16.6 Å². The number of aryl methyl sites for hydroxylation is 2. The molecule has 2 aliphatic heterocycles. The summed E-state index contributed by atoms with van der Waals surface area (Å²) >= 11 is 0. The van der Waals surface area contributed by atoms with Crippen LogP contribution in [-0.4, -0.2) is 73.2 Å². The molecule has 1 N–H and O–H groups in total. The highest BCUT2D eigenvalue weighted by molar-refractivity contribution is 5.94. The maximum absolute atomic E-state index is 13.5. The van der Waals surface area contributed by atoms with Crippen molar-refractivity contribution in [2.24, 2.45) is 11.8 Å². The molecule has 1 spiro atoms. The molecule has 0 unspecified atom stereocenters. The van der Waals surface area contributed by atoms with Crippen molar-refractivity contribution in [3.05, 3.63) is 52.1 Å². The molecular formula is C34H41N3O3. The normalized spacial score (nSPS) is 29.6. The fraction of sp³-hybridized carbons (Fsp3) is 0.559. The van der Waals surface area contributed by atoms with Gasteiger partial charge in [-0.05, 0) is 99.6 Å². The number of phenolic OH excluding ortho intramolecular Hbond substituents is 1. The largest absolute Gasteiger partial charge is 0.504 e. The Kier molecular flexibility index (Phi) is 5.91. The van der Waals surface area contributed by atoms with Crippen molar-refractivity contribution in [1.29, 1.82) is 0 Å². The molecule has 6 nitrogen and oxygen atoms in total. The SMILES string of the molecule is Cc1ccc(C#CC(=O)N(C)[C@@H]2CC[C@H]3[C@H]4Cc5c(N(C)C)cc(O)c6c5[C@@]3(CCN4CC3CC3)[C@H]2O6)cc1C. The topological polar surface area (TPSA) is 56.2 Å². The third kappa shape index (κ3) is 3.77. The van der Waals surface area contributed by atoms with E-state index in [-0.39, 0.29) is 29.2 Å². The van der Waals surface area contributed by atoms with Crippen molar-refractivity contribution in [2.75, 3.05) is 39.1 Å². The predicted octanol–water partition coefficient (Wildman–Crippen LogP) is 4.40. The average molecular weight is 540 g/mol. The van der Waals surface area contributed by atoms with Gasteiger partial charge in [0.05, 0.1) is 6.04 Å². The minimum absolute atomic E-state index is 0.0889. The number of phenols is 1. The Hall–Kier alpha value is -3.17. The van der Waals surface area contributed by atoms with E-state index < -0.39 is 0 Å². The van der Waals surface area contributed by atoms with Crippen molar-refractivity contribution < 1.29 is 14.6 Å². The highest BCUT2D eigenvalue weighted by Crippen LogP contribution is 2.65. The molecule has 5 atom stereocenters. The molecule has 0 radical (unpaired) electrons. The Morgan fingerprint density at radius 1 is 1.12 bits per heavy atom. The third-order valence-corrected chi connectivity index (χ3v) is 10.8. The van der Waals surface area contributed by atoms with Gasteiger partial charge in [-0.25, -0.2) is 0 Å². The summed E-state index contributed by atoms with van der Waals surface area (Å²) in [5.74, 6) is 8.07. The van der Waals surface area contributed by atoms with Gasteiger partial charge in [-0.1, -0.05) is 12.0 Å². The van der Waals surface area contributed by atoms with Crippen LogP contribution < -0.4 is 9.64 Å². The van der Waals surface area contributed by atoms with Crippen molar-refractivity contribution in [2.45, 2.75) is 76.0 Å². The van der Waals surface area contributed by atoms with Crippen molar-refractivity contribution in [3.63, 3.8) is 0 Å². The van der Waals surface area contributed by atoms with Crippen molar-refractivity contribution >= 4 is 11.6 Å². The van der Waals surface area contributed by atoms with Crippen LogP contribution in [0.15, 0.2) is 24.3 Å². The number of benzene rings is 2. The lowest BCUT2D eigenvalue weighted by molar-refractivity contribution is -0.134. The standard InChI is InChI=1S/C34H41N3O3/c1-20-6-7-22(16-21(20)2)10-13-30(39)36(5)26-12-11-25-28-17-24-27(35(3)4)18-29(38)32-31(24)34(25,33(26)40-32)14-15-37(28)19-23-8-9-23/h6-7,16,18,23,25-26,28,33,38H,8-9,11-12,14-15,17,19H2,1-5H3/t25-,26+,28+,33-,34-/m0/s1. The molecule has 3 fully saturated rings. The lowest BCUT2D eigenvalue weighted by atomic mass is 9.50. The number of piperidine rings is 1. The first-order chi connectivity index (χ1) is 19.2. The molecule has 40 heavy (non-hydrogen) atoms. The minimum atomic E-state index is -0.184. The second kappa shape index (κ2) is 9.17. The van der Waals surface area contributed by atoms with Gasteiger partial charge in [0.1, 0.15) is 6.10 Å². The first kappa shape index (κ1) is 25.8. The molecule has 1 amide bonds. The van der Waals surface area contributed by atoms with E-state index in [0.717, 1.165) is 49.4 Å². The van der Waals surface area contributed by atoms with Crippen LogP contribution in [0.4, 0.5) is 5.69 Å². The number of hydrogen-bond donors (Lipinski definition) is 1. The number of aromatic hydroxyl groups is 1. The highest BCUT2D eigenvalue weighted by Gasteiger charge is 2.67. The van der Waals surface area contributed by atoms with Gasteiger partial charge in [-0.15, -0.1) is 0 Å². The fourth-order valence-electron chi connectivity index (χ4n) is 8.50. The summed E-state index contributed by atoms with van der Waals surface area (Å²) in [4.78, 5) is 20.2. The molecule has 2 heterocycles. The summed E-state index contributed by atoms with van der Waals surface area (Å²) in [5, 5.41) is 11.2. The Labute approximate surface area is 238 Å². The van der Waals surface area contributed by atoms with Crippen LogP contribution in [0.2, 0.25) is 0 Å². The van der Waals surface area contributed by atoms with Gasteiger partial charge in [-0.3, -0.25) is 9.69 Å². The average Bonchev–Trinajstić information content (AvgIpc) is 3.68. The Morgan fingerprint density at radius 3 is 2.65 bits per heavy atom. The van der Waals surface area contributed by atoms with Crippen LogP contribution >= 0.6 is 0 Å². The molecule has 6 heteroatoms. The molecule has 3 aliphatic carbocycles. The molecule has 5 aliphatic rings. The number of likely N-dealkylation sites (tertiary alicyclic amines) is 1. The van der Waals surface area contributed by atoms with E-state index in [0.29, 0.717) is 17.7 Å². The number of hydrogen-bond acceptors (Lipinski definition) is 5. The van der Waals surface area contributed by atoms with Gasteiger partial charge >= 0.3 is 0 Å². The van der Waals surface area contributed by atoms with Gasteiger partial charge in [0.15, 0.2) is 11.5 Å². The van der Waals surface area contributed by atoms with Gasteiger partial charge in [-0.2, -0.15) is 0 Å². The summed E-state index contributed by atoms with van der Waals surface area (Å²) in [5.41, 5.74) is 6.75. The number of ether oxygens (including phenoxy) is 1. The smallest absolute Gasteiger partial charge is 0.298 e. The zero-order valence-electron chi connectivity index (χ0n) is 24.5. The van der Waals surface area contributed by atoms with Crippen molar-refractivity contribution in [1.82, 2.24) is 9.80 Å². The van der Waals surface area contributed by atoms with Crippen LogP contribution in [0.3, 0.4) is 0 Å². The number of nitrogens with zero attached hydrogens (tertiary/aromatic N) is 3. The number of anilines is 1. The lowest BCUT2D eigenvalue weighted by Crippen LogP contribution is -2.69. The minimum Gasteiger partial charge on any atom is -0.504 e. The highest BCUT2D eigenvalue weighted by atomic mass is 16.5. The Bertz CT molecular complexity index is 1450. The first-order valence-corrected chi connectivity index (χ1v) is 15.0. The number of rotatable bonds is 4. The zero-order chi connectivity index (χ0) is 27.9. The molecule has 7 rings (SSSR count). The van der Waals surface area contributed by atoms with Gasteiger partial charge in [0.25, 0.3) is 5.91 Å². The zero-order valence-corrected chi connectivity index (χ0v) is 24.5. The van der Waals surface area contributed by atoms with E-state index in [1.807, 2.05) is 30.1 Å². The van der Waals surface area contributed by atoms with Crippen LogP contribution in [0.1, 0.15) is 59.9 Å². The van der Waals surface area contributed by atoms with E-state index in [1.165, 1.54) is 41.6 Å². The molecule has 2 bridgehead atoms. The Balaban J connectivity index is 1.26. The maximum atomic E-state index is 13.5. The van der Waals surface area contributed by atoms with Gasteiger partial charge < -0.3 is 19.6 Å². The third-order valence-electron chi connectivity index (χ3n) is 10.8. The molecule has 2 aromatic rings. The van der Waals surface area contributed by atoms with Gasteiger partial charge in [0.2, 0.25) is 0 Å². The molecule has 0 aromatic heterocycles. The molecule has 2 aromatic carbocycles. The van der Waals surface area contributed by atoms with Gasteiger partial charge in [0, 0.05) is 67.9 Å². The maximum Gasteiger partial charge on any atom is 0.298 e. The van der Waals surface area contributed by atoms with E-state index in [9.17, 15) is 9.90 Å². The van der Waals surface area contributed by atoms with Crippen LogP contribution in [0.25, 0.3) is 0 Å². The molecule has 1 saturated heterocycles. The second-order valence-electron chi connectivity index (χ2n) is 13.2. The van der Waals surface area contributed by atoms with E-state index in [1.54, 1.807) is 0 Å². The van der Waals surface area contributed by atoms with E-state index >= 15 is 0 Å². The van der Waals surface area contributed by atoms with Crippen LogP contribution in [0, 0.1) is 37.5 Å². The number of carbonyl (C=O) groups is 1. The molecule has 210 valence electrons.